The van der Waals surface area contributed by atoms with Crippen LogP contribution in [0.4, 0.5) is 5.69 Å². The molecule has 3 rings (SSSR count). The molecule has 1 amide bonds. The number of carbonyl (C=O) groups is 1. The summed E-state index contributed by atoms with van der Waals surface area (Å²) in [6.07, 6.45) is 1.39. The van der Waals surface area contributed by atoms with Gasteiger partial charge in [-0.2, -0.15) is 5.10 Å². The number of hydrogen-bond donors (Lipinski definition) is 1. The highest BCUT2D eigenvalue weighted by molar-refractivity contribution is 7.89. The zero-order valence-electron chi connectivity index (χ0n) is 16.0. The van der Waals surface area contributed by atoms with E-state index in [4.69, 9.17) is 0 Å². The van der Waals surface area contributed by atoms with Gasteiger partial charge >= 0.3 is 0 Å². The van der Waals surface area contributed by atoms with Crippen molar-refractivity contribution in [3.8, 4) is 0 Å². The number of amides is 1. The van der Waals surface area contributed by atoms with Gasteiger partial charge in [0.15, 0.2) is 0 Å². The number of nitrogens with zero attached hydrogens (tertiary/aromatic N) is 3. The second kappa shape index (κ2) is 7.82. The van der Waals surface area contributed by atoms with Gasteiger partial charge in [0.25, 0.3) is 0 Å². The van der Waals surface area contributed by atoms with E-state index in [1.807, 2.05) is 31.5 Å². The predicted molar refractivity (Wildman–Crippen MR) is 104 cm³/mol. The smallest absolute Gasteiger partial charge is 0.240 e. The molecule has 0 saturated carbocycles. The highest BCUT2D eigenvalue weighted by Gasteiger charge is 2.22. The van der Waals surface area contributed by atoms with Gasteiger partial charge in [-0.1, -0.05) is 6.92 Å². The van der Waals surface area contributed by atoms with Gasteiger partial charge in [-0.3, -0.25) is 9.48 Å². The normalized spacial score (nSPS) is 16.1. The van der Waals surface area contributed by atoms with Crippen LogP contribution in [0.5, 0.6) is 0 Å². The molecule has 0 aliphatic carbocycles. The van der Waals surface area contributed by atoms with Crippen molar-refractivity contribution in [3.63, 3.8) is 0 Å². The van der Waals surface area contributed by atoms with Crippen molar-refractivity contribution in [1.82, 2.24) is 14.5 Å². The molecular weight excluding hydrogens is 364 g/mol. The first-order chi connectivity index (χ1) is 12.8. The number of aromatic nitrogens is 2. The number of carbonyl (C=O) groups excluding carboxylic acids is 1. The van der Waals surface area contributed by atoms with Gasteiger partial charge < -0.3 is 4.90 Å². The molecule has 1 saturated heterocycles. The Bertz CT molecular complexity index is 919. The maximum absolute atomic E-state index is 12.5. The van der Waals surface area contributed by atoms with Gasteiger partial charge in [0.05, 0.1) is 10.6 Å². The lowest BCUT2D eigenvalue weighted by Gasteiger charge is -2.17. The lowest BCUT2D eigenvalue weighted by Crippen LogP contribution is -2.30. The Morgan fingerprint density at radius 1 is 1.22 bits per heavy atom. The summed E-state index contributed by atoms with van der Waals surface area (Å²) < 4.78 is 29.7. The highest BCUT2D eigenvalue weighted by Crippen LogP contribution is 2.23. The summed E-state index contributed by atoms with van der Waals surface area (Å²) >= 11 is 0. The van der Waals surface area contributed by atoms with Gasteiger partial charge in [-0.25, -0.2) is 13.1 Å². The first-order valence-corrected chi connectivity index (χ1v) is 10.7. The quantitative estimate of drug-likeness (QED) is 0.786. The van der Waals surface area contributed by atoms with Gasteiger partial charge in [0.2, 0.25) is 15.9 Å². The average molecular weight is 391 g/mol. The SMILES string of the molecule is Cc1cc(C)n(C[C@@H](C)CNS(=O)(=O)c2ccc(N3CCCC3=O)cc2)n1. The Hall–Kier alpha value is -2.19. The van der Waals surface area contributed by atoms with Crippen LogP contribution in [0.2, 0.25) is 0 Å². The molecule has 1 N–H and O–H groups in total. The minimum absolute atomic E-state index is 0.0849. The summed E-state index contributed by atoms with van der Waals surface area (Å²) in [6, 6.07) is 8.49. The van der Waals surface area contributed by atoms with E-state index in [1.165, 1.54) is 0 Å². The van der Waals surface area contributed by atoms with Crippen LogP contribution < -0.4 is 9.62 Å². The predicted octanol–water partition coefficient (Wildman–Crippen LogP) is 2.24. The van der Waals surface area contributed by atoms with E-state index in [-0.39, 0.29) is 16.7 Å². The van der Waals surface area contributed by atoms with Crippen molar-refractivity contribution in [2.24, 2.45) is 5.92 Å². The lowest BCUT2D eigenvalue weighted by atomic mass is 10.2. The minimum atomic E-state index is -3.59. The number of benzene rings is 1. The molecule has 1 aromatic carbocycles. The summed E-state index contributed by atoms with van der Waals surface area (Å²) in [6.45, 7) is 7.58. The van der Waals surface area contributed by atoms with Crippen molar-refractivity contribution < 1.29 is 13.2 Å². The van der Waals surface area contributed by atoms with Crippen molar-refractivity contribution in [2.75, 3.05) is 18.0 Å². The summed E-state index contributed by atoms with van der Waals surface area (Å²) in [5.41, 5.74) is 2.76. The Morgan fingerprint density at radius 2 is 1.93 bits per heavy atom. The maximum atomic E-state index is 12.5. The van der Waals surface area contributed by atoms with E-state index < -0.39 is 10.0 Å². The Morgan fingerprint density at radius 3 is 2.48 bits per heavy atom. The van der Waals surface area contributed by atoms with Crippen LogP contribution in [0.25, 0.3) is 0 Å². The van der Waals surface area contributed by atoms with Crippen LogP contribution in [-0.4, -0.2) is 37.2 Å². The third kappa shape index (κ3) is 4.56. The van der Waals surface area contributed by atoms with Crippen LogP contribution in [-0.2, 0) is 21.4 Å². The number of nitrogens with one attached hydrogen (secondary N) is 1. The second-order valence-electron chi connectivity index (χ2n) is 7.21. The van der Waals surface area contributed by atoms with Crippen LogP contribution in [0.15, 0.2) is 35.2 Å². The van der Waals surface area contributed by atoms with E-state index in [2.05, 4.69) is 9.82 Å². The Labute approximate surface area is 160 Å². The van der Waals surface area contributed by atoms with Crippen LogP contribution >= 0.6 is 0 Å². The minimum Gasteiger partial charge on any atom is -0.312 e. The molecule has 8 heteroatoms. The van der Waals surface area contributed by atoms with Crippen molar-refractivity contribution in [1.29, 1.82) is 0 Å². The third-order valence-corrected chi connectivity index (χ3v) is 6.18. The van der Waals surface area contributed by atoms with E-state index >= 15 is 0 Å². The van der Waals surface area contributed by atoms with Crippen LogP contribution in [0.3, 0.4) is 0 Å². The summed E-state index contributed by atoms with van der Waals surface area (Å²) in [5, 5.41) is 4.41. The van der Waals surface area contributed by atoms with Gasteiger partial charge in [0.1, 0.15) is 0 Å². The fourth-order valence-corrected chi connectivity index (χ4v) is 4.45. The zero-order chi connectivity index (χ0) is 19.6. The number of hydrogen-bond acceptors (Lipinski definition) is 4. The first-order valence-electron chi connectivity index (χ1n) is 9.17. The van der Waals surface area contributed by atoms with Gasteiger partial charge in [0, 0.05) is 37.4 Å². The van der Waals surface area contributed by atoms with Gasteiger partial charge in [-0.15, -0.1) is 0 Å². The molecular formula is C19H26N4O3S. The number of anilines is 1. The third-order valence-electron chi connectivity index (χ3n) is 4.74. The Balaban J connectivity index is 1.60. The molecule has 0 spiro atoms. The lowest BCUT2D eigenvalue weighted by molar-refractivity contribution is -0.117. The molecule has 2 aromatic rings. The molecule has 0 unspecified atom stereocenters. The Kier molecular flexibility index (Phi) is 5.67. The molecule has 7 nitrogen and oxygen atoms in total. The number of sulfonamides is 1. The molecule has 1 aliphatic rings. The van der Waals surface area contributed by atoms with Crippen LogP contribution in [0.1, 0.15) is 31.2 Å². The molecule has 1 fully saturated rings. The fourth-order valence-electron chi connectivity index (χ4n) is 3.28. The van der Waals surface area contributed by atoms with Crippen molar-refractivity contribution in [3.05, 3.63) is 41.7 Å². The van der Waals surface area contributed by atoms with Crippen molar-refractivity contribution >= 4 is 21.6 Å². The van der Waals surface area contributed by atoms with Crippen LogP contribution in [0, 0.1) is 19.8 Å². The summed E-state index contributed by atoms with van der Waals surface area (Å²) in [5.74, 6) is 0.181. The summed E-state index contributed by atoms with van der Waals surface area (Å²) in [7, 11) is -3.59. The van der Waals surface area contributed by atoms with Crippen molar-refractivity contribution in [2.45, 2.75) is 45.1 Å². The molecule has 146 valence electrons. The molecule has 0 radical (unpaired) electrons. The molecule has 1 aromatic heterocycles. The highest BCUT2D eigenvalue weighted by atomic mass is 32.2. The largest absolute Gasteiger partial charge is 0.312 e. The maximum Gasteiger partial charge on any atom is 0.240 e. The monoisotopic (exact) mass is 390 g/mol. The molecule has 2 heterocycles. The number of rotatable bonds is 7. The molecule has 1 atom stereocenters. The molecule has 0 bridgehead atoms. The standard InChI is InChI=1S/C19H26N4O3S/c1-14(13-23-16(3)11-15(2)21-23)12-20-27(25,26)18-8-6-17(7-9-18)22-10-4-5-19(22)24/h6-9,11,14,20H,4-5,10,12-13H2,1-3H3/t14-/m0/s1. The van der Waals surface area contributed by atoms with E-state index in [0.717, 1.165) is 23.5 Å². The van der Waals surface area contributed by atoms with E-state index in [1.54, 1.807) is 29.2 Å². The molecule has 27 heavy (non-hydrogen) atoms. The van der Waals surface area contributed by atoms with Gasteiger partial charge in [-0.05, 0) is 56.5 Å². The van der Waals surface area contributed by atoms with E-state index in [0.29, 0.717) is 26.1 Å². The van der Waals surface area contributed by atoms with E-state index in [9.17, 15) is 13.2 Å². The first kappa shape index (κ1) is 19.6. The topological polar surface area (TPSA) is 84.3 Å². The zero-order valence-corrected chi connectivity index (χ0v) is 16.8. The average Bonchev–Trinajstić information content (AvgIpc) is 3.18. The fraction of sp³-hybridized carbons (Fsp3) is 0.474. The second-order valence-corrected chi connectivity index (χ2v) is 8.98. The molecule has 1 aliphatic heterocycles. The number of aryl methyl sites for hydroxylation is 2. The summed E-state index contributed by atoms with van der Waals surface area (Å²) in [4.78, 5) is 13.7.